The average Bonchev–Trinajstić information content (AvgIpc) is 2.75. The summed E-state index contributed by atoms with van der Waals surface area (Å²) in [4.78, 5) is 18.3. The molecular weight excluding hydrogens is 495 g/mol. The minimum absolute atomic E-state index is 0. The Labute approximate surface area is 194 Å². The number of amides is 1. The number of nitrogens with one attached hydrogen (secondary N) is 2. The van der Waals surface area contributed by atoms with Gasteiger partial charge >= 0.3 is 0 Å². The normalized spacial score (nSPS) is 15.2. The maximum Gasteiger partial charge on any atom is 0.241 e. The zero-order chi connectivity index (χ0) is 20.6. The smallest absolute Gasteiger partial charge is 0.241 e. The molecule has 1 aliphatic heterocycles. The summed E-state index contributed by atoms with van der Waals surface area (Å²) < 4.78 is 10.9. The van der Waals surface area contributed by atoms with E-state index in [2.05, 4.69) is 21.7 Å². The Kier molecular flexibility index (Phi) is 9.22. The predicted molar refractivity (Wildman–Crippen MR) is 129 cm³/mol. The summed E-state index contributed by atoms with van der Waals surface area (Å²) >= 11 is 0. The lowest BCUT2D eigenvalue weighted by molar-refractivity contribution is -0.127. The molecule has 8 heteroatoms. The second kappa shape index (κ2) is 11.6. The lowest BCUT2D eigenvalue weighted by atomic mass is 10.0. The van der Waals surface area contributed by atoms with E-state index in [0.717, 1.165) is 29.0 Å². The number of benzene rings is 2. The van der Waals surface area contributed by atoms with Crippen LogP contribution in [0, 0.1) is 0 Å². The highest BCUT2D eigenvalue weighted by molar-refractivity contribution is 14.0. The van der Waals surface area contributed by atoms with Gasteiger partial charge in [-0.2, -0.15) is 0 Å². The van der Waals surface area contributed by atoms with Gasteiger partial charge in [-0.15, -0.1) is 24.0 Å². The van der Waals surface area contributed by atoms with Crippen LogP contribution in [0.4, 0.5) is 0 Å². The van der Waals surface area contributed by atoms with Crippen molar-refractivity contribution < 1.29 is 14.3 Å². The third-order valence-electron chi connectivity index (χ3n) is 4.75. The van der Waals surface area contributed by atoms with Crippen molar-refractivity contribution >= 4 is 35.8 Å². The summed E-state index contributed by atoms with van der Waals surface area (Å²) in [5.74, 6) is 2.27. The van der Waals surface area contributed by atoms with Crippen molar-refractivity contribution in [2.24, 2.45) is 4.99 Å². The van der Waals surface area contributed by atoms with Gasteiger partial charge in [-0.05, 0) is 23.8 Å². The van der Waals surface area contributed by atoms with Crippen LogP contribution in [-0.2, 0) is 11.3 Å². The first-order valence-electron chi connectivity index (χ1n) is 9.66. The predicted octanol–water partition coefficient (Wildman–Crippen LogP) is 2.96. The Morgan fingerprint density at radius 2 is 1.93 bits per heavy atom. The minimum Gasteiger partial charge on any atom is -0.497 e. The van der Waals surface area contributed by atoms with Crippen molar-refractivity contribution in [2.45, 2.75) is 19.0 Å². The van der Waals surface area contributed by atoms with Gasteiger partial charge in [-0.1, -0.05) is 30.3 Å². The van der Waals surface area contributed by atoms with Crippen LogP contribution in [-0.4, -0.2) is 51.1 Å². The third kappa shape index (κ3) is 6.51. The summed E-state index contributed by atoms with van der Waals surface area (Å²) in [7, 11) is 5.12. The topological polar surface area (TPSA) is 75.2 Å². The van der Waals surface area contributed by atoms with Crippen molar-refractivity contribution in [1.82, 2.24) is 15.5 Å². The van der Waals surface area contributed by atoms with E-state index >= 15 is 0 Å². The molecule has 0 aromatic heterocycles. The molecule has 0 radical (unpaired) electrons. The van der Waals surface area contributed by atoms with Gasteiger partial charge in [0.2, 0.25) is 5.91 Å². The molecule has 1 aliphatic rings. The van der Waals surface area contributed by atoms with Gasteiger partial charge in [0.05, 0.1) is 32.8 Å². The summed E-state index contributed by atoms with van der Waals surface area (Å²) in [5, 5.41) is 6.62. The quantitative estimate of drug-likeness (QED) is 0.346. The number of halogens is 1. The first kappa shape index (κ1) is 23.8. The number of methoxy groups -OCH3 is 1. The number of para-hydroxylation sites is 1. The van der Waals surface area contributed by atoms with Crippen LogP contribution in [0.2, 0.25) is 0 Å². The van der Waals surface area contributed by atoms with Crippen LogP contribution in [0.25, 0.3) is 0 Å². The maximum atomic E-state index is 12.0. The van der Waals surface area contributed by atoms with Gasteiger partial charge < -0.3 is 25.0 Å². The number of carbonyl (C=O) groups is 1. The van der Waals surface area contributed by atoms with Crippen molar-refractivity contribution in [2.75, 3.05) is 34.4 Å². The number of likely N-dealkylation sites (N-methyl/N-ethyl adjacent to an activating group) is 1. The lowest BCUT2D eigenvalue weighted by Crippen LogP contribution is -2.45. The molecule has 7 nitrogen and oxygen atoms in total. The van der Waals surface area contributed by atoms with E-state index in [1.807, 2.05) is 42.5 Å². The van der Waals surface area contributed by atoms with Crippen LogP contribution in [0.15, 0.2) is 53.5 Å². The molecule has 0 bridgehead atoms. The third-order valence-corrected chi connectivity index (χ3v) is 4.75. The van der Waals surface area contributed by atoms with Crippen molar-refractivity contribution in [3.05, 3.63) is 59.7 Å². The summed E-state index contributed by atoms with van der Waals surface area (Å²) in [6, 6.07) is 15.8. The van der Waals surface area contributed by atoms with Gasteiger partial charge in [-0.3, -0.25) is 4.79 Å². The number of ether oxygens (including phenoxy) is 2. The number of aliphatic imine (C=N–C) groups is 1. The average molecular weight is 524 g/mol. The van der Waals surface area contributed by atoms with E-state index in [9.17, 15) is 4.79 Å². The van der Waals surface area contributed by atoms with Crippen molar-refractivity contribution in [3.8, 4) is 11.5 Å². The van der Waals surface area contributed by atoms with Gasteiger partial charge in [0.15, 0.2) is 5.96 Å². The summed E-state index contributed by atoms with van der Waals surface area (Å²) in [5.41, 5.74) is 2.15. The molecule has 3 rings (SSSR count). The number of nitrogens with zero attached hydrogens (tertiary/aromatic N) is 2. The second-order valence-electron chi connectivity index (χ2n) is 7.03. The molecule has 0 fully saturated rings. The monoisotopic (exact) mass is 524 g/mol. The molecule has 1 amide bonds. The van der Waals surface area contributed by atoms with Crippen LogP contribution in [0.5, 0.6) is 11.5 Å². The van der Waals surface area contributed by atoms with Gasteiger partial charge in [-0.25, -0.2) is 4.99 Å². The Balaban J connectivity index is 0.00000320. The molecule has 0 saturated heterocycles. The Morgan fingerprint density at radius 1 is 1.20 bits per heavy atom. The van der Waals surface area contributed by atoms with Crippen LogP contribution in [0.1, 0.15) is 23.6 Å². The second-order valence-corrected chi connectivity index (χ2v) is 7.03. The molecule has 1 atom stereocenters. The lowest BCUT2D eigenvalue weighted by Gasteiger charge is -2.28. The SMILES string of the molecule is COc1ccc(CN=C(NCC(=O)N(C)C)NC2CCOc3ccccc32)cc1.I. The van der Waals surface area contributed by atoms with E-state index in [1.165, 1.54) is 0 Å². The molecule has 30 heavy (non-hydrogen) atoms. The van der Waals surface area contributed by atoms with Crippen molar-refractivity contribution in [3.63, 3.8) is 0 Å². The number of guanidine groups is 1. The van der Waals surface area contributed by atoms with E-state index in [1.54, 1.807) is 26.1 Å². The molecule has 2 N–H and O–H groups in total. The van der Waals surface area contributed by atoms with E-state index < -0.39 is 0 Å². The van der Waals surface area contributed by atoms with Crippen LogP contribution >= 0.6 is 24.0 Å². The first-order valence-corrected chi connectivity index (χ1v) is 9.66. The highest BCUT2D eigenvalue weighted by atomic mass is 127. The molecule has 2 aromatic carbocycles. The fourth-order valence-electron chi connectivity index (χ4n) is 3.03. The van der Waals surface area contributed by atoms with E-state index in [-0.39, 0.29) is 42.5 Å². The Morgan fingerprint density at radius 3 is 2.63 bits per heavy atom. The molecule has 1 heterocycles. The number of carbonyl (C=O) groups excluding carboxylic acids is 1. The summed E-state index contributed by atoms with van der Waals surface area (Å²) in [6.07, 6.45) is 0.821. The highest BCUT2D eigenvalue weighted by Gasteiger charge is 2.22. The van der Waals surface area contributed by atoms with Crippen molar-refractivity contribution in [1.29, 1.82) is 0 Å². The fraction of sp³-hybridized carbons (Fsp3) is 0.364. The highest BCUT2D eigenvalue weighted by Crippen LogP contribution is 2.31. The molecule has 0 aliphatic carbocycles. The molecular formula is C22H29IN4O3. The maximum absolute atomic E-state index is 12.0. The zero-order valence-electron chi connectivity index (χ0n) is 17.6. The van der Waals surface area contributed by atoms with Gasteiger partial charge in [0.1, 0.15) is 11.5 Å². The zero-order valence-corrected chi connectivity index (χ0v) is 19.9. The Hall–Kier alpha value is -2.49. The fourth-order valence-corrected chi connectivity index (χ4v) is 3.03. The number of hydrogen-bond acceptors (Lipinski definition) is 4. The number of hydrogen-bond donors (Lipinski definition) is 2. The van der Waals surface area contributed by atoms with E-state index in [4.69, 9.17) is 9.47 Å². The van der Waals surface area contributed by atoms with E-state index in [0.29, 0.717) is 19.1 Å². The molecule has 0 spiro atoms. The minimum atomic E-state index is -0.0173. The summed E-state index contributed by atoms with van der Waals surface area (Å²) in [6.45, 7) is 1.30. The molecule has 0 saturated carbocycles. The van der Waals surface area contributed by atoms with Gasteiger partial charge in [0, 0.05) is 26.1 Å². The van der Waals surface area contributed by atoms with Gasteiger partial charge in [0.25, 0.3) is 0 Å². The first-order chi connectivity index (χ1) is 14.1. The number of rotatable bonds is 6. The number of fused-ring (bicyclic) bond motifs is 1. The molecule has 2 aromatic rings. The molecule has 1 unspecified atom stereocenters. The standard InChI is InChI=1S/C22H28N4O3.HI/c1-26(2)21(27)15-24-22(23-14-16-8-10-17(28-3)11-9-16)25-19-12-13-29-20-7-5-4-6-18(19)20;/h4-11,19H,12-15H2,1-3H3,(H2,23,24,25);1H. The largest absolute Gasteiger partial charge is 0.497 e. The Bertz CT molecular complexity index is 856. The molecule has 162 valence electrons. The van der Waals surface area contributed by atoms with Crippen LogP contribution in [0.3, 0.4) is 0 Å². The van der Waals surface area contributed by atoms with Crippen LogP contribution < -0.4 is 20.1 Å².